The normalized spacial score (nSPS) is 13.2. The predicted molar refractivity (Wildman–Crippen MR) is 346 cm³/mol. The summed E-state index contributed by atoms with van der Waals surface area (Å²) in [6.45, 7) is 33.5. The average Bonchev–Trinajstić information content (AvgIpc) is 4.00. The van der Waals surface area contributed by atoms with Gasteiger partial charge >= 0.3 is 0 Å². The van der Waals surface area contributed by atoms with E-state index in [0.717, 1.165) is 71.0 Å². The molecule has 0 bridgehead atoms. The summed E-state index contributed by atoms with van der Waals surface area (Å²) in [7, 11) is 0. The Kier molecular flexibility index (Phi) is 30.0. The molecule has 450 valence electrons. The molecule has 2 aromatic heterocycles. The summed E-state index contributed by atoms with van der Waals surface area (Å²) in [5.41, 5.74) is 9.65. The van der Waals surface area contributed by atoms with Crippen LogP contribution in [0, 0.1) is 13.8 Å². The fraction of sp³-hybridized carbons (Fsp3) is 0.690. The van der Waals surface area contributed by atoms with Crippen molar-refractivity contribution >= 4 is 22.9 Å². The van der Waals surface area contributed by atoms with Crippen molar-refractivity contribution in [1.82, 2.24) is 19.8 Å². The highest BCUT2D eigenvalue weighted by Gasteiger charge is 2.28. The second-order valence-electron chi connectivity index (χ2n) is 26.8. The number of hydrogen-bond donors (Lipinski definition) is 3. The van der Waals surface area contributed by atoms with Crippen LogP contribution in [0.5, 0.6) is 17.2 Å². The zero-order chi connectivity index (χ0) is 58.7. The summed E-state index contributed by atoms with van der Waals surface area (Å²) in [6, 6.07) is 17.0. The van der Waals surface area contributed by atoms with Gasteiger partial charge in [0.15, 0.2) is 11.5 Å². The highest BCUT2D eigenvalue weighted by Crippen LogP contribution is 2.43. The number of ether oxygens (including phenoxy) is 1. The number of aromatic hydroxyl groups is 2. The number of phenols is 2. The minimum absolute atomic E-state index is 0.0222. The Morgan fingerprint density at radius 3 is 1.41 bits per heavy atom. The van der Waals surface area contributed by atoms with Crippen molar-refractivity contribution in [2.24, 2.45) is 0 Å². The Morgan fingerprint density at radius 1 is 0.550 bits per heavy atom. The maximum absolute atomic E-state index is 10.5. The van der Waals surface area contributed by atoms with E-state index in [1.54, 1.807) is 0 Å². The number of unbranched alkanes of at least 4 members (excludes halogenated alkanes) is 20. The summed E-state index contributed by atoms with van der Waals surface area (Å²) in [5, 5.41) is 33.8. The van der Waals surface area contributed by atoms with E-state index in [-0.39, 0.29) is 22.2 Å². The van der Waals surface area contributed by atoms with Crippen molar-refractivity contribution in [3.63, 3.8) is 0 Å². The lowest BCUT2D eigenvalue weighted by atomic mass is 9.76. The molecule has 0 unspecified atom stereocenters. The van der Waals surface area contributed by atoms with Crippen LogP contribution in [0.1, 0.15) is 307 Å². The summed E-state index contributed by atoms with van der Waals surface area (Å²) in [5.74, 6) is 3.02. The van der Waals surface area contributed by atoms with Crippen LogP contribution in [0.25, 0.3) is 5.65 Å². The van der Waals surface area contributed by atoms with E-state index in [2.05, 4.69) is 154 Å². The molecule has 3 heterocycles. The van der Waals surface area contributed by atoms with Gasteiger partial charge in [0.05, 0.1) is 12.3 Å². The number of rotatable bonds is 30. The number of benzene rings is 3. The van der Waals surface area contributed by atoms with E-state index in [4.69, 9.17) is 16.3 Å². The lowest BCUT2D eigenvalue weighted by Crippen LogP contribution is -2.29. The third-order valence-corrected chi connectivity index (χ3v) is 16.8. The second-order valence-corrected chi connectivity index (χ2v) is 27.2. The maximum atomic E-state index is 10.5. The molecule has 0 aliphatic carbocycles. The van der Waals surface area contributed by atoms with Gasteiger partial charge in [0.2, 0.25) is 0 Å². The third-order valence-electron chi connectivity index (χ3n) is 16.4. The molecule has 1 saturated heterocycles. The fourth-order valence-corrected chi connectivity index (χ4v) is 11.9. The number of nitrogens with one attached hydrogen (secondary N) is 1. The van der Waals surface area contributed by atoms with Gasteiger partial charge in [-0.2, -0.15) is 0 Å². The average molecular weight is 1120 g/mol. The van der Waals surface area contributed by atoms with Crippen molar-refractivity contribution < 1.29 is 14.9 Å². The number of H-pyrrole nitrogens is 1. The predicted octanol–water partition coefficient (Wildman–Crippen LogP) is 21.5. The quantitative estimate of drug-likeness (QED) is 0.0396. The molecule has 1 aliphatic rings. The van der Waals surface area contributed by atoms with Crippen LogP contribution < -0.4 is 9.64 Å². The van der Waals surface area contributed by atoms with Gasteiger partial charge in [-0.05, 0) is 133 Å². The molecule has 0 spiro atoms. The van der Waals surface area contributed by atoms with Gasteiger partial charge in [0.25, 0.3) is 0 Å². The third kappa shape index (κ3) is 22.9. The van der Waals surface area contributed by atoms with Gasteiger partial charge < -0.3 is 19.8 Å². The molecule has 8 nitrogen and oxygen atoms in total. The molecule has 0 saturated carbocycles. The van der Waals surface area contributed by atoms with E-state index in [9.17, 15) is 10.2 Å². The van der Waals surface area contributed by atoms with Crippen molar-refractivity contribution in [2.45, 2.75) is 299 Å². The minimum atomic E-state index is -0.121. The summed E-state index contributed by atoms with van der Waals surface area (Å²) in [4.78, 5) is 2.50. The molecule has 0 atom stereocenters. The SMILES string of the molecule is CCCC(c1cc(C(C)(C)C)c(O)cc1C)c1cc(C(C)(C)C)c(O)cc1C.CCCCCCCCCCCCCOc1ccc(N2CCCCC2)cc1.CCCCCCCCCCCCCc1nnc2c(Cl)c(C(C)(C)C)[nH]n12. The molecule has 1 fully saturated rings. The number of aromatic amines is 1. The van der Waals surface area contributed by atoms with E-state index < -0.39 is 0 Å². The number of nitrogens with zero attached hydrogens (tertiary/aromatic N) is 4. The van der Waals surface area contributed by atoms with E-state index in [1.807, 2.05) is 16.6 Å². The fourth-order valence-electron chi connectivity index (χ4n) is 11.5. The first kappa shape index (κ1) is 68.3. The number of fused-ring (bicyclic) bond motifs is 1. The Labute approximate surface area is 494 Å². The van der Waals surface area contributed by atoms with Crippen LogP contribution in [-0.4, -0.2) is 49.7 Å². The number of hydrogen-bond acceptors (Lipinski definition) is 6. The minimum Gasteiger partial charge on any atom is -0.508 e. The van der Waals surface area contributed by atoms with Crippen LogP contribution in [0.3, 0.4) is 0 Å². The molecule has 3 N–H and O–H groups in total. The highest BCUT2D eigenvalue weighted by molar-refractivity contribution is 6.34. The number of anilines is 1. The summed E-state index contributed by atoms with van der Waals surface area (Å²) < 4.78 is 7.88. The smallest absolute Gasteiger partial charge is 0.196 e. The molecule has 9 heteroatoms. The summed E-state index contributed by atoms with van der Waals surface area (Å²) in [6.07, 6.45) is 37.2. The first-order chi connectivity index (χ1) is 38.1. The van der Waals surface area contributed by atoms with Crippen LogP contribution in [0.2, 0.25) is 5.02 Å². The number of halogens is 1. The maximum Gasteiger partial charge on any atom is 0.196 e. The number of phenolic OH excluding ortho intramolecular Hbond substituents is 2. The van der Waals surface area contributed by atoms with E-state index >= 15 is 0 Å². The molecule has 1 aliphatic heterocycles. The molecule has 6 rings (SSSR count). The lowest BCUT2D eigenvalue weighted by Gasteiger charge is -2.29. The largest absolute Gasteiger partial charge is 0.508 e. The monoisotopic (exact) mass is 1120 g/mol. The van der Waals surface area contributed by atoms with E-state index in [0.29, 0.717) is 16.5 Å². The topological polar surface area (TPSA) is 98.9 Å². The first-order valence-corrected chi connectivity index (χ1v) is 32.8. The molecule has 80 heavy (non-hydrogen) atoms. The van der Waals surface area contributed by atoms with Gasteiger partial charge in [0.1, 0.15) is 22.3 Å². The van der Waals surface area contributed by atoms with Gasteiger partial charge in [-0.1, -0.05) is 242 Å². The molecular weight excluding hydrogens is 1010 g/mol. The highest BCUT2D eigenvalue weighted by atomic mass is 35.5. The molecular formula is C71H116ClN5O3. The molecule has 3 aromatic carbocycles. The van der Waals surface area contributed by atoms with Gasteiger partial charge in [-0.15, -0.1) is 10.2 Å². The second kappa shape index (κ2) is 35.1. The molecule has 5 aromatic rings. The Bertz CT molecular complexity index is 2410. The Balaban J connectivity index is 0.000000259. The van der Waals surface area contributed by atoms with Crippen LogP contribution in [0.15, 0.2) is 48.5 Å². The number of aromatic nitrogens is 4. The first-order valence-electron chi connectivity index (χ1n) is 32.4. The van der Waals surface area contributed by atoms with Crippen molar-refractivity contribution in [3.8, 4) is 17.2 Å². The van der Waals surface area contributed by atoms with Crippen molar-refractivity contribution in [1.29, 1.82) is 0 Å². The standard InChI is InChI=1S/C26H38O2.C24H41NO.C21H37ClN4/c1-10-11-18(19-14-21(25(4,5)6)23(27)12-16(19)2)20-15-22(26(7,8)9)24(28)13-17(20)3;1-2-3-4-5-6-7-8-9-10-11-15-22-26-24-18-16-23(17-19-24)25-20-13-12-14-21-25;1-5-6-7-8-9-10-11-12-13-14-15-16-17-23-24-20-18(22)19(21(2,3)4)25-26(17)20/h12-15,18,27-28H,10-11H2,1-9H3;16-19H,2-15,20-22H2,1H3;25H,5-16H2,1-4H3. The van der Waals surface area contributed by atoms with Crippen molar-refractivity contribution in [3.05, 3.63) is 98.5 Å². The summed E-state index contributed by atoms with van der Waals surface area (Å²) >= 11 is 6.47. The van der Waals surface area contributed by atoms with Crippen LogP contribution in [-0.2, 0) is 22.7 Å². The number of piperidine rings is 1. The van der Waals surface area contributed by atoms with Gasteiger partial charge in [0, 0.05) is 36.5 Å². The van der Waals surface area contributed by atoms with Gasteiger partial charge in [-0.3, -0.25) is 5.10 Å². The van der Waals surface area contributed by atoms with Crippen molar-refractivity contribution in [2.75, 3.05) is 24.6 Å². The Morgan fingerprint density at radius 2 is 0.988 bits per heavy atom. The zero-order valence-electron chi connectivity index (χ0n) is 53.6. The van der Waals surface area contributed by atoms with Crippen LogP contribution in [0.4, 0.5) is 5.69 Å². The Hall–Kier alpha value is -4.17. The molecule has 0 radical (unpaired) electrons. The number of aryl methyl sites for hydroxylation is 3. The zero-order valence-corrected chi connectivity index (χ0v) is 54.3. The molecule has 0 amide bonds. The lowest BCUT2D eigenvalue weighted by molar-refractivity contribution is 0.304. The van der Waals surface area contributed by atoms with E-state index in [1.165, 1.54) is 190 Å². The van der Waals surface area contributed by atoms with Crippen LogP contribution >= 0.6 is 11.6 Å². The van der Waals surface area contributed by atoms with Gasteiger partial charge in [-0.25, -0.2) is 4.52 Å².